The van der Waals surface area contributed by atoms with Crippen molar-refractivity contribution < 1.29 is 18.5 Å². The van der Waals surface area contributed by atoms with Gasteiger partial charge in [0.1, 0.15) is 5.82 Å². The van der Waals surface area contributed by atoms with Gasteiger partial charge in [-0.25, -0.2) is 9.18 Å². The van der Waals surface area contributed by atoms with Crippen molar-refractivity contribution in [2.45, 2.75) is 10.6 Å². The largest absolute Gasteiger partial charge is 0.478 e. The van der Waals surface area contributed by atoms with Crippen LogP contribution < -0.4 is 0 Å². The lowest BCUT2D eigenvalue weighted by atomic mass is 10.2. The van der Waals surface area contributed by atoms with E-state index in [1.807, 2.05) is 0 Å². The van der Waals surface area contributed by atoms with Crippen molar-refractivity contribution in [2.24, 2.45) is 0 Å². The quantitative estimate of drug-likeness (QED) is 0.932. The van der Waals surface area contributed by atoms with Crippen molar-refractivity contribution in [3.8, 4) is 0 Å². The number of hydrogen-bond donors (Lipinski definition) is 1. The molecule has 2 rings (SSSR count). The maximum atomic E-state index is 13.0. The number of rotatable bonds is 4. The van der Waals surface area contributed by atoms with E-state index in [4.69, 9.17) is 5.11 Å². The fraction of sp³-hybridized carbons (Fsp3) is 0.0769. The van der Waals surface area contributed by atoms with E-state index in [1.165, 1.54) is 36.5 Å². The molecule has 6 heteroatoms. The van der Waals surface area contributed by atoms with Gasteiger partial charge in [-0.2, -0.15) is 0 Å². The van der Waals surface area contributed by atoms with E-state index >= 15 is 0 Å². The Labute approximate surface area is 111 Å². The van der Waals surface area contributed by atoms with Gasteiger partial charge in [-0.15, -0.1) is 0 Å². The van der Waals surface area contributed by atoms with Crippen LogP contribution in [-0.2, 0) is 16.6 Å². The van der Waals surface area contributed by atoms with E-state index in [0.717, 1.165) is 0 Å². The van der Waals surface area contributed by atoms with Crippen molar-refractivity contribution >= 4 is 16.8 Å². The minimum atomic E-state index is -1.41. The van der Waals surface area contributed by atoms with Gasteiger partial charge in [0.2, 0.25) is 0 Å². The summed E-state index contributed by atoms with van der Waals surface area (Å²) < 4.78 is 25.0. The van der Waals surface area contributed by atoms with E-state index in [2.05, 4.69) is 4.98 Å². The number of pyridine rings is 1. The van der Waals surface area contributed by atoms with E-state index in [0.29, 0.717) is 10.6 Å². The minimum Gasteiger partial charge on any atom is -0.478 e. The molecule has 0 aliphatic heterocycles. The molecule has 1 aromatic heterocycles. The molecular weight excluding hydrogens is 269 g/mol. The molecule has 1 heterocycles. The highest BCUT2D eigenvalue weighted by Crippen LogP contribution is 2.12. The lowest BCUT2D eigenvalue weighted by Crippen LogP contribution is -2.02. The maximum Gasteiger partial charge on any atom is 0.337 e. The van der Waals surface area contributed by atoms with Crippen LogP contribution in [0.3, 0.4) is 0 Å². The molecule has 1 atom stereocenters. The van der Waals surface area contributed by atoms with Gasteiger partial charge >= 0.3 is 5.97 Å². The molecule has 1 aromatic carbocycles. The minimum absolute atomic E-state index is 0.0697. The highest BCUT2D eigenvalue weighted by molar-refractivity contribution is 7.84. The van der Waals surface area contributed by atoms with Crippen molar-refractivity contribution in [1.82, 2.24) is 4.98 Å². The summed E-state index contributed by atoms with van der Waals surface area (Å²) in [5.41, 5.74) is 0.563. The molecular formula is C13H10FNO3S. The molecule has 2 aromatic rings. The van der Waals surface area contributed by atoms with Crippen LogP contribution >= 0.6 is 0 Å². The van der Waals surface area contributed by atoms with Crippen LogP contribution in [0.25, 0.3) is 0 Å². The summed E-state index contributed by atoms with van der Waals surface area (Å²) in [5.74, 6) is -1.39. The monoisotopic (exact) mass is 279 g/mol. The number of aromatic carboxylic acids is 1. The molecule has 0 radical (unpaired) electrons. The second-order valence-corrected chi connectivity index (χ2v) is 5.24. The zero-order valence-corrected chi connectivity index (χ0v) is 10.6. The summed E-state index contributed by atoms with van der Waals surface area (Å²) in [7, 11) is -1.41. The van der Waals surface area contributed by atoms with Gasteiger partial charge in [-0.05, 0) is 30.3 Å². The fourth-order valence-electron chi connectivity index (χ4n) is 1.46. The number of carboxylic acids is 1. The van der Waals surface area contributed by atoms with E-state index in [-0.39, 0.29) is 11.3 Å². The molecule has 0 aliphatic carbocycles. The van der Waals surface area contributed by atoms with E-state index in [1.54, 1.807) is 6.07 Å². The van der Waals surface area contributed by atoms with Crippen LogP contribution in [0.4, 0.5) is 4.39 Å². The molecule has 4 nitrogen and oxygen atoms in total. The van der Waals surface area contributed by atoms with E-state index in [9.17, 15) is 13.4 Å². The SMILES string of the molecule is O=C(O)c1ccc(CS(=O)c2cccc(F)c2)nc1. The Morgan fingerprint density at radius 3 is 2.68 bits per heavy atom. The summed E-state index contributed by atoms with van der Waals surface area (Å²) in [5, 5.41) is 8.72. The Kier molecular flexibility index (Phi) is 4.01. The highest BCUT2D eigenvalue weighted by Gasteiger charge is 2.08. The average Bonchev–Trinajstić information content (AvgIpc) is 2.39. The van der Waals surface area contributed by atoms with Crippen LogP contribution in [0.2, 0.25) is 0 Å². The number of carbonyl (C=O) groups is 1. The van der Waals surface area contributed by atoms with Crippen LogP contribution in [0.15, 0.2) is 47.5 Å². The second kappa shape index (κ2) is 5.71. The first kappa shape index (κ1) is 13.4. The fourth-order valence-corrected chi connectivity index (χ4v) is 2.54. The summed E-state index contributed by atoms with van der Waals surface area (Å²) in [6.07, 6.45) is 1.21. The molecule has 0 aliphatic rings. The standard InChI is InChI=1S/C13H10FNO3S/c14-10-2-1-3-12(6-10)19(18)8-11-5-4-9(7-15-11)13(16)17/h1-7H,8H2,(H,16,17). The Hall–Kier alpha value is -2.08. The summed E-state index contributed by atoms with van der Waals surface area (Å²) in [4.78, 5) is 15.0. The first-order valence-corrected chi connectivity index (χ1v) is 6.70. The molecule has 0 bridgehead atoms. The van der Waals surface area contributed by atoms with Crippen LogP contribution in [0.1, 0.15) is 16.1 Å². The topological polar surface area (TPSA) is 67.3 Å². The van der Waals surface area contributed by atoms with Gasteiger partial charge in [0.15, 0.2) is 0 Å². The number of benzene rings is 1. The third-order valence-electron chi connectivity index (χ3n) is 2.41. The number of carboxylic acid groups (broad SMARTS) is 1. The molecule has 1 N–H and O–H groups in total. The Balaban J connectivity index is 2.13. The first-order chi connectivity index (χ1) is 9.06. The first-order valence-electron chi connectivity index (χ1n) is 5.38. The Bertz CT molecular complexity index is 628. The Morgan fingerprint density at radius 1 is 1.32 bits per heavy atom. The third-order valence-corrected chi connectivity index (χ3v) is 3.75. The van der Waals surface area contributed by atoms with Gasteiger partial charge in [-0.1, -0.05) is 6.07 Å². The number of aromatic nitrogens is 1. The molecule has 98 valence electrons. The normalized spacial score (nSPS) is 12.1. The van der Waals surface area contributed by atoms with Crippen LogP contribution in [0, 0.1) is 5.82 Å². The van der Waals surface area contributed by atoms with Crippen LogP contribution in [0.5, 0.6) is 0 Å². The van der Waals surface area contributed by atoms with Gasteiger partial charge in [0.05, 0.1) is 27.8 Å². The number of nitrogens with zero attached hydrogens (tertiary/aromatic N) is 1. The number of halogens is 1. The third kappa shape index (κ3) is 3.45. The maximum absolute atomic E-state index is 13.0. The van der Waals surface area contributed by atoms with E-state index < -0.39 is 22.6 Å². The summed E-state index contributed by atoms with van der Waals surface area (Å²) >= 11 is 0. The molecule has 0 saturated carbocycles. The second-order valence-electron chi connectivity index (χ2n) is 3.79. The molecule has 0 amide bonds. The lowest BCUT2D eigenvalue weighted by molar-refractivity contribution is 0.0696. The summed E-state index contributed by atoms with van der Waals surface area (Å²) in [6, 6.07) is 8.45. The smallest absolute Gasteiger partial charge is 0.337 e. The van der Waals surface area contributed by atoms with Crippen molar-refractivity contribution in [2.75, 3.05) is 0 Å². The van der Waals surface area contributed by atoms with Gasteiger partial charge < -0.3 is 5.11 Å². The summed E-state index contributed by atoms with van der Waals surface area (Å²) in [6.45, 7) is 0. The average molecular weight is 279 g/mol. The predicted molar refractivity (Wildman–Crippen MR) is 67.7 cm³/mol. The van der Waals surface area contributed by atoms with Crippen molar-refractivity contribution in [1.29, 1.82) is 0 Å². The lowest BCUT2D eigenvalue weighted by Gasteiger charge is -2.02. The van der Waals surface area contributed by atoms with Crippen molar-refractivity contribution in [3.05, 3.63) is 59.7 Å². The van der Waals surface area contributed by atoms with Gasteiger partial charge in [0.25, 0.3) is 0 Å². The Morgan fingerprint density at radius 2 is 2.11 bits per heavy atom. The molecule has 1 unspecified atom stereocenters. The molecule has 0 spiro atoms. The zero-order chi connectivity index (χ0) is 13.8. The number of hydrogen-bond acceptors (Lipinski definition) is 3. The molecule has 0 fully saturated rings. The molecule has 0 saturated heterocycles. The molecule has 19 heavy (non-hydrogen) atoms. The van der Waals surface area contributed by atoms with Crippen molar-refractivity contribution in [3.63, 3.8) is 0 Å². The zero-order valence-electron chi connectivity index (χ0n) is 9.75. The van der Waals surface area contributed by atoms with Crippen LogP contribution in [-0.4, -0.2) is 20.3 Å². The highest BCUT2D eigenvalue weighted by atomic mass is 32.2. The predicted octanol–water partition coefficient (Wildman–Crippen LogP) is 2.23. The van der Waals surface area contributed by atoms with Gasteiger partial charge in [0, 0.05) is 11.1 Å². The van der Waals surface area contributed by atoms with Gasteiger partial charge in [-0.3, -0.25) is 9.19 Å².